The van der Waals surface area contributed by atoms with Crippen LogP contribution in [0.5, 0.6) is 0 Å². The van der Waals surface area contributed by atoms with Gasteiger partial charge in [0.25, 0.3) is 5.91 Å². The quantitative estimate of drug-likeness (QED) is 0.600. The number of nitrogens with zero attached hydrogens (tertiary/aromatic N) is 4. The topological polar surface area (TPSA) is 117 Å². The normalized spacial score (nSPS) is 17.0. The molecule has 3 aromatic rings. The van der Waals surface area contributed by atoms with Crippen LogP contribution in [0.25, 0.3) is 10.2 Å². The van der Waals surface area contributed by atoms with E-state index >= 15 is 0 Å². The third-order valence-corrected chi connectivity index (χ3v) is 5.48. The zero-order chi connectivity index (χ0) is 21.0. The number of nitrogen functional groups attached to an aromatic ring is 1. The van der Waals surface area contributed by atoms with Crippen LogP contribution in [-0.2, 0) is 0 Å². The molecule has 4 heterocycles. The molecular weight excluding hydrogens is 388 g/mol. The van der Waals surface area contributed by atoms with Gasteiger partial charge >= 0.3 is 0 Å². The van der Waals surface area contributed by atoms with Gasteiger partial charge in [0, 0.05) is 19.3 Å². The lowest BCUT2D eigenvalue weighted by Gasteiger charge is -2.17. The SMILES string of the molecule is CC.C[C@H](Nc1nc(C(=O)N2CC[C@@H](O)C2)c2sc(N)cc2n1)c1ccccn1. The van der Waals surface area contributed by atoms with Gasteiger partial charge in [0.15, 0.2) is 5.69 Å². The van der Waals surface area contributed by atoms with E-state index in [1.807, 2.05) is 39.0 Å². The third-order valence-electron chi connectivity index (χ3n) is 4.52. The number of amides is 1. The molecule has 4 rings (SSSR count). The van der Waals surface area contributed by atoms with Gasteiger partial charge in [-0.25, -0.2) is 9.97 Å². The molecule has 3 aromatic heterocycles. The maximum Gasteiger partial charge on any atom is 0.274 e. The van der Waals surface area contributed by atoms with Crippen LogP contribution in [0.4, 0.5) is 10.9 Å². The largest absolute Gasteiger partial charge is 0.391 e. The monoisotopic (exact) mass is 414 g/mol. The number of carbonyl (C=O) groups excluding carboxylic acids is 1. The summed E-state index contributed by atoms with van der Waals surface area (Å²) < 4.78 is 0.662. The number of aromatic nitrogens is 3. The van der Waals surface area contributed by atoms with Crippen LogP contribution in [0.3, 0.4) is 0 Å². The van der Waals surface area contributed by atoms with E-state index in [4.69, 9.17) is 5.73 Å². The first-order valence-electron chi connectivity index (χ1n) is 9.73. The Hall–Kier alpha value is -2.78. The molecule has 2 atom stereocenters. The van der Waals surface area contributed by atoms with Gasteiger partial charge in [-0.1, -0.05) is 19.9 Å². The number of hydrogen-bond acceptors (Lipinski definition) is 8. The highest BCUT2D eigenvalue weighted by Crippen LogP contribution is 2.31. The molecule has 4 N–H and O–H groups in total. The number of nitrogens with one attached hydrogen (secondary N) is 1. The fraction of sp³-hybridized carbons (Fsp3) is 0.400. The van der Waals surface area contributed by atoms with Crippen molar-refractivity contribution in [2.24, 2.45) is 0 Å². The number of fused-ring (bicyclic) bond motifs is 1. The average Bonchev–Trinajstić information content (AvgIpc) is 3.33. The molecule has 8 nitrogen and oxygen atoms in total. The van der Waals surface area contributed by atoms with Crippen LogP contribution in [0, 0.1) is 0 Å². The number of pyridine rings is 1. The van der Waals surface area contributed by atoms with Crippen molar-refractivity contribution < 1.29 is 9.90 Å². The van der Waals surface area contributed by atoms with Gasteiger partial charge in [-0.2, -0.15) is 0 Å². The molecular formula is C20H26N6O2S. The maximum atomic E-state index is 13.0. The summed E-state index contributed by atoms with van der Waals surface area (Å²) in [5.74, 6) is 0.135. The number of carbonyl (C=O) groups is 1. The van der Waals surface area contributed by atoms with Crippen molar-refractivity contribution in [3.63, 3.8) is 0 Å². The Kier molecular flexibility index (Phi) is 6.60. The van der Waals surface area contributed by atoms with E-state index in [2.05, 4.69) is 20.3 Å². The van der Waals surface area contributed by atoms with E-state index in [-0.39, 0.29) is 11.9 Å². The minimum Gasteiger partial charge on any atom is -0.391 e. The summed E-state index contributed by atoms with van der Waals surface area (Å²) in [6.45, 7) is 6.79. The third kappa shape index (κ3) is 4.63. The predicted octanol–water partition coefficient (Wildman–Crippen LogP) is 3.07. The van der Waals surface area contributed by atoms with Gasteiger partial charge < -0.3 is 21.1 Å². The lowest BCUT2D eigenvalue weighted by molar-refractivity contribution is 0.0761. The van der Waals surface area contributed by atoms with Crippen molar-refractivity contribution in [1.82, 2.24) is 19.9 Å². The number of aliphatic hydroxyl groups excluding tert-OH is 1. The number of rotatable bonds is 4. The van der Waals surface area contributed by atoms with Crippen molar-refractivity contribution in [1.29, 1.82) is 0 Å². The second-order valence-corrected chi connectivity index (χ2v) is 7.66. The van der Waals surface area contributed by atoms with Gasteiger partial charge in [0.1, 0.15) is 0 Å². The van der Waals surface area contributed by atoms with Gasteiger partial charge in [-0.15, -0.1) is 11.3 Å². The van der Waals surface area contributed by atoms with Crippen molar-refractivity contribution >= 4 is 38.4 Å². The molecule has 29 heavy (non-hydrogen) atoms. The zero-order valence-electron chi connectivity index (χ0n) is 16.8. The molecule has 0 spiro atoms. The summed E-state index contributed by atoms with van der Waals surface area (Å²) in [5, 5.41) is 13.5. The molecule has 1 saturated heterocycles. The molecule has 0 aliphatic carbocycles. The lowest BCUT2D eigenvalue weighted by Crippen LogP contribution is -2.30. The van der Waals surface area contributed by atoms with E-state index in [0.29, 0.717) is 46.4 Å². The molecule has 9 heteroatoms. The van der Waals surface area contributed by atoms with Crippen LogP contribution in [0.15, 0.2) is 30.5 Å². The highest BCUT2D eigenvalue weighted by Gasteiger charge is 2.29. The minimum atomic E-state index is -0.485. The number of nitrogens with two attached hydrogens (primary N) is 1. The van der Waals surface area contributed by atoms with Crippen molar-refractivity contribution in [2.45, 2.75) is 39.3 Å². The van der Waals surface area contributed by atoms with Crippen LogP contribution in [0.2, 0.25) is 0 Å². The van der Waals surface area contributed by atoms with E-state index in [9.17, 15) is 9.90 Å². The van der Waals surface area contributed by atoms with Crippen LogP contribution in [-0.4, -0.2) is 50.1 Å². The van der Waals surface area contributed by atoms with Crippen molar-refractivity contribution in [3.05, 3.63) is 41.9 Å². The van der Waals surface area contributed by atoms with Crippen LogP contribution >= 0.6 is 11.3 Å². The molecule has 0 aromatic carbocycles. The Balaban J connectivity index is 0.00000117. The van der Waals surface area contributed by atoms with Crippen molar-refractivity contribution in [3.8, 4) is 0 Å². The molecule has 154 valence electrons. The summed E-state index contributed by atoms with van der Waals surface area (Å²) in [4.78, 5) is 27.9. The molecule has 0 radical (unpaired) electrons. The lowest BCUT2D eigenvalue weighted by atomic mass is 10.2. The highest BCUT2D eigenvalue weighted by atomic mass is 32.1. The number of hydrogen-bond donors (Lipinski definition) is 3. The Morgan fingerprint density at radius 2 is 2.17 bits per heavy atom. The second-order valence-electron chi connectivity index (χ2n) is 6.57. The predicted molar refractivity (Wildman–Crippen MR) is 116 cm³/mol. The van der Waals surface area contributed by atoms with E-state index in [0.717, 1.165) is 5.69 Å². The summed E-state index contributed by atoms with van der Waals surface area (Å²) >= 11 is 1.29. The van der Waals surface area contributed by atoms with Gasteiger partial charge in [0.2, 0.25) is 5.95 Å². The highest BCUT2D eigenvalue weighted by molar-refractivity contribution is 7.22. The van der Waals surface area contributed by atoms with Crippen molar-refractivity contribution in [2.75, 3.05) is 24.1 Å². The number of β-amino-alcohol motifs (C(OH)–C–C–N with tert-alkyl or cyclic N) is 1. The molecule has 0 bridgehead atoms. The number of thiophene rings is 1. The molecule has 1 aliphatic heterocycles. The van der Waals surface area contributed by atoms with Gasteiger partial charge in [-0.3, -0.25) is 9.78 Å². The van der Waals surface area contributed by atoms with Gasteiger partial charge in [-0.05, 0) is 31.5 Å². The number of aliphatic hydroxyl groups is 1. The Bertz CT molecular complexity index is 978. The summed E-state index contributed by atoms with van der Waals surface area (Å²) in [7, 11) is 0. The number of anilines is 2. The first kappa shape index (κ1) is 20.9. The van der Waals surface area contributed by atoms with E-state index in [1.165, 1.54) is 11.3 Å². The molecule has 1 fully saturated rings. The molecule has 1 amide bonds. The summed E-state index contributed by atoms with van der Waals surface area (Å²) in [6, 6.07) is 7.30. The van der Waals surface area contributed by atoms with E-state index in [1.54, 1.807) is 17.2 Å². The standard InChI is InChI=1S/C18H20N6O2S.C2H6/c1-10(12-4-2-3-6-20-12)21-18-22-13-8-14(19)27-16(13)15(23-18)17(26)24-7-5-11(25)9-24;1-2/h2-4,6,8,10-11,25H,5,7,9,19H2,1H3,(H,21,22,23);1-2H3/t10-,11+;/m0./s1. The Morgan fingerprint density at radius 1 is 1.38 bits per heavy atom. The smallest absolute Gasteiger partial charge is 0.274 e. The van der Waals surface area contributed by atoms with Crippen LogP contribution < -0.4 is 11.1 Å². The molecule has 0 saturated carbocycles. The zero-order valence-corrected chi connectivity index (χ0v) is 17.6. The Morgan fingerprint density at radius 3 is 2.83 bits per heavy atom. The average molecular weight is 415 g/mol. The Labute approximate surface area is 173 Å². The summed E-state index contributed by atoms with van der Waals surface area (Å²) in [5.41, 5.74) is 7.72. The number of likely N-dealkylation sites (tertiary alicyclic amines) is 1. The molecule has 0 unspecified atom stereocenters. The van der Waals surface area contributed by atoms with E-state index < -0.39 is 6.10 Å². The first-order valence-corrected chi connectivity index (χ1v) is 10.5. The van der Waals surface area contributed by atoms with Crippen LogP contribution in [0.1, 0.15) is 49.4 Å². The first-order chi connectivity index (χ1) is 14.0. The second kappa shape index (κ2) is 9.15. The fourth-order valence-electron chi connectivity index (χ4n) is 3.13. The fourth-order valence-corrected chi connectivity index (χ4v) is 3.98. The molecule has 1 aliphatic rings. The minimum absolute atomic E-state index is 0.129. The maximum absolute atomic E-state index is 13.0. The van der Waals surface area contributed by atoms with Gasteiger partial charge in [0.05, 0.1) is 33.1 Å². The summed E-state index contributed by atoms with van der Waals surface area (Å²) in [6.07, 6.45) is 1.82.